The Morgan fingerprint density at radius 2 is 1.63 bits per heavy atom. The topological polar surface area (TPSA) is 92.8 Å². The van der Waals surface area contributed by atoms with Crippen LogP contribution in [0.5, 0.6) is 5.75 Å². The number of benzene rings is 3. The molecule has 1 aliphatic heterocycles. The van der Waals surface area contributed by atoms with Gasteiger partial charge in [-0.15, -0.1) is 0 Å². The van der Waals surface area contributed by atoms with Crippen molar-refractivity contribution in [1.29, 1.82) is 0 Å². The van der Waals surface area contributed by atoms with Crippen LogP contribution in [-0.4, -0.2) is 44.6 Å². The Kier molecular flexibility index (Phi) is 8.04. The van der Waals surface area contributed by atoms with Crippen LogP contribution < -0.4 is 10.1 Å². The number of anilines is 1. The summed E-state index contributed by atoms with van der Waals surface area (Å²) < 4.78 is 32.8. The minimum atomic E-state index is -3.73. The Balaban J connectivity index is 1.44. The van der Waals surface area contributed by atoms with Gasteiger partial charge in [0.05, 0.1) is 17.9 Å². The van der Waals surface area contributed by atoms with Crippen LogP contribution in [0.25, 0.3) is 0 Å². The SMILES string of the molecule is COc1ccc(S(=O)(=O)N2CCC[C@H](C(=O)Nc3cccc(C(=O)c4ccc(C(C)(C)C)cc4)c3)C2)cc1. The number of ketones is 1. The zero-order valence-electron chi connectivity index (χ0n) is 22.2. The maximum absolute atomic E-state index is 13.2. The monoisotopic (exact) mass is 534 g/mol. The zero-order chi connectivity index (χ0) is 27.5. The number of carbonyl (C=O) groups excluding carboxylic acids is 2. The molecule has 0 aliphatic carbocycles. The highest BCUT2D eigenvalue weighted by atomic mass is 32.2. The molecule has 3 aromatic carbocycles. The van der Waals surface area contributed by atoms with E-state index in [1.807, 2.05) is 24.3 Å². The van der Waals surface area contributed by atoms with Crippen molar-refractivity contribution in [2.45, 2.75) is 43.9 Å². The fourth-order valence-corrected chi connectivity index (χ4v) is 6.07. The van der Waals surface area contributed by atoms with Gasteiger partial charge in [0, 0.05) is 29.9 Å². The number of methoxy groups -OCH3 is 1. The maximum atomic E-state index is 13.2. The molecule has 0 bridgehead atoms. The minimum Gasteiger partial charge on any atom is -0.497 e. The fourth-order valence-electron chi connectivity index (χ4n) is 4.54. The Labute approximate surface area is 224 Å². The maximum Gasteiger partial charge on any atom is 0.243 e. The van der Waals surface area contributed by atoms with Gasteiger partial charge in [-0.05, 0) is 60.2 Å². The summed E-state index contributed by atoms with van der Waals surface area (Å²) in [6.45, 7) is 6.82. The van der Waals surface area contributed by atoms with Gasteiger partial charge in [0.25, 0.3) is 0 Å². The molecule has 1 atom stereocenters. The summed E-state index contributed by atoms with van der Waals surface area (Å²) in [4.78, 5) is 26.4. The lowest BCUT2D eigenvalue weighted by Crippen LogP contribution is -2.43. The fraction of sp³-hybridized carbons (Fsp3) is 0.333. The molecule has 38 heavy (non-hydrogen) atoms. The average Bonchev–Trinajstić information content (AvgIpc) is 2.92. The number of nitrogens with one attached hydrogen (secondary N) is 1. The summed E-state index contributed by atoms with van der Waals surface area (Å²) in [6, 6.07) is 20.7. The molecule has 0 radical (unpaired) electrons. The second-order valence-electron chi connectivity index (χ2n) is 10.6. The van der Waals surface area contributed by atoms with Crippen LogP contribution in [0, 0.1) is 5.92 Å². The lowest BCUT2D eigenvalue weighted by molar-refractivity contribution is -0.120. The van der Waals surface area contributed by atoms with E-state index in [0.717, 1.165) is 5.56 Å². The lowest BCUT2D eigenvalue weighted by atomic mass is 9.86. The van der Waals surface area contributed by atoms with Crippen LogP contribution >= 0.6 is 0 Å². The highest BCUT2D eigenvalue weighted by Gasteiger charge is 2.33. The molecule has 1 heterocycles. The molecule has 1 N–H and O–H groups in total. The summed E-state index contributed by atoms with van der Waals surface area (Å²) in [7, 11) is -2.21. The van der Waals surface area contributed by atoms with Gasteiger partial charge in [0.15, 0.2) is 5.78 Å². The Morgan fingerprint density at radius 1 is 0.947 bits per heavy atom. The summed E-state index contributed by atoms with van der Waals surface area (Å²) in [6.07, 6.45) is 1.16. The molecular formula is C30H34N2O5S. The van der Waals surface area contributed by atoms with Crippen molar-refractivity contribution in [2.75, 3.05) is 25.5 Å². The van der Waals surface area contributed by atoms with Gasteiger partial charge >= 0.3 is 0 Å². The van der Waals surface area contributed by atoms with Gasteiger partial charge in [-0.25, -0.2) is 8.42 Å². The number of amides is 1. The van der Waals surface area contributed by atoms with E-state index in [2.05, 4.69) is 26.1 Å². The number of hydrogen-bond donors (Lipinski definition) is 1. The van der Waals surface area contributed by atoms with Crippen molar-refractivity contribution < 1.29 is 22.7 Å². The van der Waals surface area contributed by atoms with E-state index in [1.165, 1.54) is 23.5 Å². The van der Waals surface area contributed by atoms with Crippen LogP contribution in [-0.2, 0) is 20.2 Å². The van der Waals surface area contributed by atoms with Gasteiger partial charge < -0.3 is 10.1 Å². The second kappa shape index (κ2) is 11.1. The first-order valence-electron chi connectivity index (χ1n) is 12.7. The summed E-state index contributed by atoms with van der Waals surface area (Å²) in [5, 5.41) is 2.89. The highest BCUT2D eigenvalue weighted by Crippen LogP contribution is 2.27. The van der Waals surface area contributed by atoms with E-state index in [-0.39, 0.29) is 28.5 Å². The van der Waals surface area contributed by atoms with E-state index in [1.54, 1.807) is 36.4 Å². The number of carbonyl (C=O) groups is 2. The van der Waals surface area contributed by atoms with Crippen molar-refractivity contribution in [2.24, 2.45) is 5.92 Å². The Morgan fingerprint density at radius 3 is 2.26 bits per heavy atom. The lowest BCUT2D eigenvalue weighted by Gasteiger charge is -2.31. The molecule has 0 unspecified atom stereocenters. The standard InChI is InChI=1S/C30H34N2O5S/c1-30(2,3)24-12-10-21(11-13-24)28(33)22-7-5-9-25(19-22)31-29(34)23-8-6-18-32(20-23)38(35,36)27-16-14-26(37-4)15-17-27/h5,7,9-17,19,23H,6,8,18,20H2,1-4H3,(H,31,34)/t23-/m0/s1. The number of piperidine rings is 1. The third-order valence-corrected chi connectivity index (χ3v) is 8.74. The highest BCUT2D eigenvalue weighted by molar-refractivity contribution is 7.89. The average molecular weight is 535 g/mol. The predicted molar refractivity (Wildman–Crippen MR) is 148 cm³/mol. The number of nitrogens with zero attached hydrogens (tertiary/aromatic N) is 1. The third-order valence-electron chi connectivity index (χ3n) is 6.86. The number of hydrogen-bond acceptors (Lipinski definition) is 5. The van der Waals surface area contributed by atoms with Gasteiger partial charge in [-0.1, -0.05) is 57.2 Å². The van der Waals surface area contributed by atoms with Gasteiger partial charge in [-0.3, -0.25) is 9.59 Å². The molecule has 0 aromatic heterocycles. The van der Waals surface area contributed by atoms with Crippen LogP contribution in [0.2, 0.25) is 0 Å². The normalized spacial score (nSPS) is 16.6. The third kappa shape index (κ3) is 6.14. The molecule has 0 saturated carbocycles. The molecule has 1 fully saturated rings. The van der Waals surface area contributed by atoms with Crippen molar-refractivity contribution in [3.05, 3.63) is 89.5 Å². The first-order valence-corrected chi connectivity index (χ1v) is 14.1. The number of ether oxygens (including phenoxy) is 1. The molecule has 1 saturated heterocycles. The van der Waals surface area contributed by atoms with Gasteiger partial charge in [0.2, 0.25) is 15.9 Å². The van der Waals surface area contributed by atoms with E-state index in [0.29, 0.717) is 42.0 Å². The van der Waals surface area contributed by atoms with Crippen LogP contribution in [0.1, 0.15) is 55.1 Å². The molecule has 0 spiro atoms. The van der Waals surface area contributed by atoms with Crippen LogP contribution in [0.3, 0.4) is 0 Å². The van der Waals surface area contributed by atoms with E-state index < -0.39 is 15.9 Å². The zero-order valence-corrected chi connectivity index (χ0v) is 23.0. The second-order valence-corrected chi connectivity index (χ2v) is 12.5. The quantitative estimate of drug-likeness (QED) is 0.417. The molecule has 4 rings (SSSR count). The first-order chi connectivity index (χ1) is 18.0. The van der Waals surface area contributed by atoms with Crippen LogP contribution in [0.15, 0.2) is 77.7 Å². The smallest absolute Gasteiger partial charge is 0.243 e. The van der Waals surface area contributed by atoms with Crippen LogP contribution in [0.4, 0.5) is 5.69 Å². The van der Waals surface area contributed by atoms with Crippen molar-refractivity contribution in [3.8, 4) is 5.75 Å². The molecule has 8 heteroatoms. The van der Waals surface area contributed by atoms with E-state index in [4.69, 9.17) is 4.74 Å². The van der Waals surface area contributed by atoms with Crippen molar-refractivity contribution in [1.82, 2.24) is 4.31 Å². The molecule has 200 valence electrons. The summed E-state index contributed by atoms with van der Waals surface area (Å²) >= 11 is 0. The van der Waals surface area contributed by atoms with Gasteiger partial charge in [0.1, 0.15) is 5.75 Å². The Bertz CT molecular complexity index is 1410. The Hall–Kier alpha value is -3.49. The molecule has 3 aromatic rings. The van der Waals surface area contributed by atoms with Gasteiger partial charge in [-0.2, -0.15) is 4.31 Å². The minimum absolute atomic E-state index is 0.00551. The number of sulfonamides is 1. The molecule has 7 nitrogen and oxygen atoms in total. The van der Waals surface area contributed by atoms with Crippen molar-refractivity contribution >= 4 is 27.4 Å². The van der Waals surface area contributed by atoms with E-state index >= 15 is 0 Å². The summed E-state index contributed by atoms with van der Waals surface area (Å²) in [5.74, 6) is -0.321. The summed E-state index contributed by atoms with van der Waals surface area (Å²) in [5.41, 5.74) is 2.69. The van der Waals surface area contributed by atoms with E-state index in [9.17, 15) is 18.0 Å². The predicted octanol–water partition coefficient (Wildman–Crippen LogP) is 5.26. The molecule has 1 amide bonds. The molecular weight excluding hydrogens is 500 g/mol. The van der Waals surface area contributed by atoms with Crippen molar-refractivity contribution in [3.63, 3.8) is 0 Å². The first kappa shape index (κ1) is 27.5. The number of rotatable bonds is 7. The largest absolute Gasteiger partial charge is 0.497 e. The molecule has 1 aliphatic rings.